The number of likely N-dealkylation sites (N-methyl/N-ethyl adjacent to an activating group) is 1. The molecule has 1 aromatic carbocycles. The van der Waals surface area contributed by atoms with Gasteiger partial charge in [-0.3, -0.25) is 4.79 Å². The second-order valence-electron chi connectivity index (χ2n) is 4.47. The summed E-state index contributed by atoms with van der Waals surface area (Å²) in [7, 11) is 0. The summed E-state index contributed by atoms with van der Waals surface area (Å²) in [6.45, 7) is 3.97. The third kappa shape index (κ3) is 4.47. The molecule has 20 heavy (non-hydrogen) atoms. The Balaban J connectivity index is 1.77. The lowest BCUT2D eigenvalue weighted by molar-refractivity contribution is -0.136. The Morgan fingerprint density at radius 1 is 1.20 bits per heavy atom. The van der Waals surface area contributed by atoms with E-state index in [1.807, 2.05) is 59.7 Å². The Morgan fingerprint density at radius 3 is 2.65 bits per heavy atom. The van der Waals surface area contributed by atoms with Crippen LogP contribution < -0.4 is 0 Å². The molecule has 0 saturated heterocycles. The third-order valence-electron chi connectivity index (χ3n) is 3.00. The van der Waals surface area contributed by atoms with Crippen LogP contribution in [0, 0.1) is 0 Å². The standard InChI is InChI=1S/C16H19NO2S/c1-2-17(11-15-9-6-10-20-15)16(18)13-19-12-14-7-4-3-5-8-14/h3-10H,2,11-13H2,1H3. The molecule has 0 N–H and O–H groups in total. The SMILES string of the molecule is CCN(Cc1cccs1)C(=O)COCc1ccccc1. The zero-order valence-corrected chi connectivity index (χ0v) is 12.4. The molecular weight excluding hydrogens is 270 g/mol. The molecule has 2 aromatic rings. The summed E-state index contributed by atoms with van der Waals surface area (Å²) in [5.74, 6) is 0.0387. The first kappa shape index (κ1) is 14.8. The zero-order chi connectivity index (χ0) is 14.2. The van der Waals surface area contributed by atoms with Crippen LogP contribution in [0.25, 0.3) is 0 Å². The molecule has 0 aliphatic rings. The van der Waals surface area contributed by atoms with E-state index in [2.05, 4.69) is 0 Å². The number of hydrogen-bond donors (Lipinski definition) is 0. The predicted octanol–water partition coefficient (Wildman–Crippen LogP) is 3.31. The Kier molecular flexibility index (Phi) is 5.77. The van der Waals surface area contributed by atoms with Crippen LogP contribution in [0.3, 0.4) is 0 Å². The number of carbonyl (C=O) groups excluding carboxylic acids is 1. The van der Waals surface area contributed by atoms with E-state index in [9.17, 15) is 4.79 Å². The van der Waals surface area contributed by atoms with Gasteiger partial charge in [0.1, 0.15) is 6.61 Å². The monoisotopic (exact) mass is 289 g/mol. The largest absolute Gasteiger partial charge is 0.367 e. The van der Waals surface area contributed by atoms with Crippen molar-refractivity contribution in [2.24, 2.45) is 0 Å². The Bertz CT molecular complexity index is 511. The molecule has 0 unspecified atom stereocenters. The number of carbonyl (C=O) groups is 1. The fraction of sp³-hybridized carbons (Fsp3) is 0.312. The summed E-state index contributed by atoms with van der Waals surface area (Å²) < 4.78 is 5.50. The summed E-state index contributed by atoms with van der Waals surface area (Å²) in [5, 5.41) is 2.03. The van der Waals surface area contributed by atoms with Crippen molar-refractivity contribution < 1.29 is 9.53 Å². The maximum atomic E-state index is 12.1. The van der Waals surface area contributed by atoms with Crippen molar-refractivity contribution in [3.05, 3.63) is 58.3 Å². The van der Waals surface area contributed by atoms with E-state index < -0.39 is 0 Å². The number of hydrogen-bond acceptors (Lipinski definition) is 3. The molecule has 3 nitrogen and oxygen atoms in total. The lowest BCUT2D eigenvalue weighted by atomic mass is 10.2. The van der Waals surface area contributed by atoms with Gasteiger partial charge in [0.25, 0.3) is 0 Å². The van der Waals surface area contributed by atoms with E-state index in [0.717, 1.165) is 5.56 Å². The first-order valence-electron chi connectivity index (χ1n) is 6.71. The van der Waals surface area contributed by atoms with Crippen molar-refractivity contribution in [3.8, 4) is 0 Å². The smallest absolute Gasteiger partial charge is 0.248 e. The molecule has 0 aliphatic carbocycles. The van der Waals surface area contributed by atoms with Gasteiger partial charge < -0.3 is 9.64 Å². The van der Waals surface area contributed by atoms with Gasteiger partial charge in [-0.25, -0.2) is 0 Å². The second kappa shape index (κ2) is 7.82. The number of ether oxygens (including phenoxy) is 1. The van der Waals surface area contributed by atoms with Crippen LogP contribution in [0.2, 0.25) is 0 Å². The highest BCUT2D eigenvalue weighted by Gasteiger charge is 2.12. The Morgan fingerprint density at radius 2 is 2.00 bits per heavy atom. The lowest BCUT2D eigenvalue weighted by Crippen LogP contribution is -2.33. The van der Waals surface area contributed by atoms with Gasteiger partial charge in [0.05, 0.1) is 13.2 Å². The van der Waals surface area contributed by atoms with E-state index in [1.54, 1.807) is 11.3 Å². The normalized spacial score (nSPS) is 10.4. The summed E-state index contributed by atoms with van der Waals surface area (Å²) in [5.41, 5.74) is 1.08. The fourth-order valence-corrected chi connectivity index (χ4v) is 2.61. The van der Waals surface area contributed by atoms with E-state index >= 15 is 0 Å². The molecule has 106 valence electrons. The molecule has 0 spiro atoms. The molecule has 4 heteroatoms. The minimum Gasteiger partial charge on any atom is -0.367 e. The van der Waals surface area contributed by atoms with Gasteiger partial charge in [-0.1, -0.05) is 36.4 Å². The number of rotatable bonds is 7. The second-order valence-corrected chi connectivity index (χ2v) is 5.50. The molecule has 0 fully saturated rings. The van der Waals surface area contributed by atoms with E-state index in [-0.39, 0.29) is 12.5 Å². The molecular formula is C16H19NO2S. The van der Waals surface area contributed by atoms with Crippen molar-refractivity contribution in [2.45, 2.75) is 20.1 Å². The summed E-state index contributed by atoms with van der Waals surface area (Å²) in [6.07, 6.45) is 0. The van der Waals surface area contributed by atoms with Crippen molar-refractivity contribution in [1.82, 2.24) is 4.90 Å². The van der Waals surface area contributed by atoms with Crippen molar-refractivity contribution in [3.63, 3.8) is 0 Å². The van der Waals surface area contributed by atoms with Gasteiger partial charge >= 0.3 is 0 Å². The molecule has 0 radical (unpaired) electrons. The van der Waals surface area contributed by atoms with Crippen LogP contribution in [-0.2, 0) is 22.7 Å². The number of amides is 1. The van der Waals surface area contributed by atoms with Gasteiger partial charge in [-0.2, -0.15) is 0 Å². The molecule has 0 aliphatic heterocycles. The Hall–Kier alpha value is -1.65. The van der Waals surface area contributed by atoms with Crippen LogP contribution in [0.15, 0.2) is 47.8 Å². The average Bonchev–Trinajstić information content (AvgIpc) is 2.98. The van der Waals surface area contributed by atoms with Crippen LogP contribution in [0.5, 0.6) is 0 Å². The summed E-state index contributed by atoms with van der Waals surface area (Å²) in [4.78, 5) is 15.1. The van der Waals surface area contributed by atoms with Crippen molar-refractivity contribution in [1.29, 1.82) is 0 Å². The molecule has 1 amide bonds. The molecule has 1 aromatic heterocycles. The lowest BCUT2D eigenvalue weighted by Gasteiger charge is -2.20. The van der Waals surface area contributed by atoms with Crippen LogP contribution >= 0.6 is 11.3 Å². The van der Waals surface area contributed by atoms with Crippen LogP contribution in [-0.4, -0.2) is 24.0 Å². The number of thiophene rings is 1. The first-order chi connectivity index (χ1) is 9.79. The summed E-state index contributed by atoms with van der Waals surface area (Å²) in [6, 6.07) is 13.9. The molecule has 1 heterocycles. The van der Waals surface area contributed by atoms with Gasteiger partial charge in [0.2, 0.25) is 5.91 Å². The highest BCUT2D eigenvalue weighted by molar-refractivity contribution is 7.09. The molecule has 0 bridgehead atoms. The summed E-state index contributed by atoms with van der Waals surface area (Å²) >= 11 is 1.67. The third-order valence-corrected chi connectivity index (χ3v) is 3.86. The van der Waals surface area contributed by atoms with Gasteiger partial charge in [0, 0.05) is 11.4 Å². The maximum absolute atomic E-state index is 12.1. The highest BCUT2D eigenvalue weighted by atomic mass is 32.1. The Labute approximate surface area is 123 Å². The molecule has 0 saturated carbocycles. The quantitative estimate of drug-likeness (QED) is 0.782. The molecule has 0 atom stereocenters. The first-order valence-corrected chi connectivity index (χ1v) is 7.59. The number of benzene rings is 1. The average molecular weight is 289 g/mol. The highest BCUT2D eigenvalue weighted by Crippen LogP contribution is 2.12. The zero-order valence-electron chi connectivity index (χ0n) is 11.6. The molecule has 2 rings (SSSR count). The minimum atomic E-state index is 0.0387. The van der Waals surface area contributed by atoms with Gasteiger partial charge in [-0.15, -0.1) is 11.3 Å². The van der Waals surface area contributed by atoms with Crippen molar-refractivity contribution in [2.75, 3.05) is 13.2 Å². The van der Waals surface area contributed by atoms with Gasteiger partial charge in [-0.05, 0) is 23.9 Å². The van der Waals surface area contributed by atoms with E-state index in [1.165, 1.54) is 4.88 Å². The minimum absolute atomic E-state index is 0.0387. The topological polar surface area (TPSA) is 29.5 Å². The fourth-order valence-electron chi connectivity index (χ4n) is 1.89. The number of nitrogens with zero attached hydrogens (tertiary/aromatic N) is 1. The van der Waals surface area contributed by atoms with Crippen LogP contribution in [0.1, 0.15) is 17.4 Å². The van der Waals surface area contributed by atoms with Crippen LogP contribution in [0.4, 0.5) is 0 Å². The maximum Gasteiger partial charge on any atom is 0.248 e. The van der Waals surface area contributed by atoms with E-state index in [0.29, 0.717) is 19.7 Å². The van der Waals surface area contributed by atoms with Gasteiger partial charge in [0.15, 0.2) is 0 Å². The van der Waals surface area contributed by atoms with E-state index in [4.69, 9.17) is 4.74 Å². The predicted molar refractivity (Wildman–Crippen MR) is 81.5 cm³/mol. The van der Waals surface area contributed by atoms with Crippen molar-refractivity contribution >= 4 is 17.2 Å².